The number of carbonyl (C=O) groups is 2. The third kappa shape index (κ3) is 4.60. The lowest BCUT2D eigenvalue weighted by Gasteiger charge is -2.37. The molecule has 132 valence electrons. The predicted molar refractivity (Wildman–Crippen MR) is 92.2 cm³/mol. The number of pyridine rings is 1. The second-order valence-electron chi connectivity index (χ2n) is 6.96. The van der Waals surface area contributed by atoms with Crippen molar-refractivity contribution < 1.29 is 14.3 Å². The van der Waals surface area contributed by atoms with Gasteiger partial charge >= 0.3 is 6.09 Å². The highest BCUT2D eigenvalue weighted by Crippen LogP contribution is 2.21. The number of nitrogens with zero attached hydrogens (tertiary/aromatic N) is 3. The Labute approximate surface area is 147 Å². The van der Waals surface area contributed by atoms with Crippen molar-refractivity contribution in [3.63, 3.8) is 0 Å². The minimum atomic E-state index is -0.502. The van der Waals surface area contributed by atoms with E-state index in [0.717, 1.165) is 0 Å². The molecule has 2 rings (SSSR count). The number of aromatic nitrogens is 1. The van der Waals surface area contributed by atoms with Gasteiger partial charge in [0.1, 0.15) is 10.8 Å². The van der Waals surface area contributed by atoms with Crippen LogP contribution in [0, 0.1) is 0 Å². The number of hydrogen-bond donors (Lipinski definition) is 0. The zero-order valence-corrected chi connectivity index (χ0v) is 15.3. The van der Waals surface area contributed by atoms with Crippen molar-refractivity contribution >= 4 is 23.6 Å². The quantitative estimate of drug-likeness (QED) is 0.766. The molecule has 0 aromatic carbocycles. The van der Waals surface area contributed by atoms with Gasteiger partial charge in [-0.05, 0) is 45.7 Å². The Bertz CT molecular complexity index is 607. The van der Waals surface area contributed by atoms with Gasteiger partial charge < -0.3 is 14.5 Å². The minimum absolute atomic E-state index is 0.0625. The monoisotopic (exact) mass is 353 g/mol. The second kappa shape index (κ2) is 7.38. The number of carbonyl (C=O) groups excluding carboxylic acids is 2. The highest BCUT2D eigenvalue weighted by Gasteiger charge is 2.30. The van der Waals surface area contributed by atoms with Gasteiger partial charge in [-0.25, -0.2) is 9.78 Å². The van der Waals surface area contributed by atoms with Crippen molar-refractivity contribution in [3.05, 3.63) is 29.0 Å². The van der Waals surface area contributed by atoms with Crippen LogP contribution in [0.15, 0.2) is 18.3 Å². The van der Waals surface area contributed by atoms with Gasteiger partial charge in [0, 0.05) is 32.4 Å². The first-order chi connectivity index (χ1) is 11.2. The van der Waals surface area contributed by atoms with Crippen molar-refractivity contribution in [1.29, 1.82) is 0 Å². The van der Waals surface area contributed by atoms with E-state index in [1.165, 1.54) is 0 Å². The molecule has 1 aliphatic heterocycles. The van der Waals surface area contributed by atoms with Crippen molar-refractivity contribution in [2.75, 3.05) is 20.1 Å². The molecule has 0 aliphatic carbocycles. The summed E-state index contributed by atoms with van der Waals surface area (Å²) in [4.78, 5) is 32.0. The van der Waals surface area contributed by atoms with E-state index >= 15 is 0 Å². The van der Waals surface area contributed by atoms with Crippen molar-refractivity contribution in [1.82, 2.24) is 14.8 Å². The van der Waals surface area contributed by atoms with E-state index in [1.54, 1.807) is 35.2 Å². The molecule has 0 saturated carbocycles. The summed E-state index contributed by atoms with van der Waals surface area (Å²) in [6.07, 6.45) is 2.67. The van der Waals surface area contributed by atoms with Crippen molar-refractivity contribution in [3.8, 4) is 0 Å². The van der Waals surface area contributed by atoms with Crippen LogP contribution >= 0.6 is 11.6 Å². The standard InChI is InChI=1S/C17H24ClN3O3/c1-17(2,3)24-16(23)21-10-7-12(8-11-21)20(4)15(22)13-6-5-9-19-14(13)18/h5-6,9,12H,7-8,10-11H2,1-4H3. The summed E-state index contributed by atoms with van der Waals surface area (Å²) in [6, 6.07) is 3.43. The predicted octanol–water partition coefficient (Wildman–Crippen LogP) is 3.21. The highest BCUT2D eigenvalue weighted by atomic mass is 35.5. The average Bonchev–Trinajstić information content (AvgIpc) is 2.52. The van der Waals surface area contributed by atoms with E-state index in [4.69, 9.17) is 16.3 Å². The summed E-state index contributed by atoms with van der Waals surface area (Å²) in [5.41, 5.74) is -0.103. The lowest BCUT2D eigenvalue weighted by atomic mass is 10.0. The first-order valence-electron chi connectivity index (χ1n) is 8.04. The van der Waals surface area contributed by atoms with E-state index in [9.17, 15) is 9.59 Å². The number of halogens is 1. The van der Waals surface area contributed by atoms with Gasteiger partial charge in [0.05, 0.1) is 5.56 Å². The molecule has 7 heteroatoms. The number of piperidine rings is 1. The maximum absolute atomic E-state index is 12.6. The zero-order valence-electron chi connectivity index (χ0n) is 14.6. The molecule has 1 saturated heterocycles. The van der Waals surface area contributed by atoms with Crippen molar-refractivity contribution in [2.24, 2.45) is 0 Å². The molecular weight excluding hydrogens is 330 g/mol. The van der Waals surface area contributed by atoms with Gasteiger partial charge in [-0.15, -0.1) is 0 Å². The van der Waals surface area contributed by atoms with Crippen LogP contribution in [0.4, 0.5) is 4.79 Å². The smallest absolute Gasteiger partial charge is 0.410 e. The third-order valence-electron chi connectivity index (χ3n) is 3.97. The fourth-order valence-electron chi connectivity index (χ4n) is 2.66. The van der Waals surface area contributed by atoms with Crippen LogP contribution in [-0.2, 0) is 4.74 Å². The molecule has 6 nitrogen and oxygen atoms in total. The summed E-state index contributed by atoms with van der Waals surface area (Å²) >= 11 is 6.00. The summed E-state index contributed by atoms with van der Waals surface area (Å²) in [5.74, 6) is -0.149. The molecular formula is C17H24ClN3O3. The van der Waals surface area contributed by atoms with Crippen LogP contribution in [-0.4, -0.2) is 58.6 Å². The fraction of sp³-hybridized carbons (Fsp3) is 0.588. The molecule has 0 radical (unpaired) electrons. The Morgan fingerprint density at radius 3 is 2.50 bits per heavy atom. The minimum Gasteiger partial charge on any atom is -0.444 e. The van der Waals surface area contributed by atoms with Gasteiger partial charge in [-0.3, -0.25) is 4.79 Å². The maximum atomic E-state index is 12.6. The molecule has 1 aliphatic rings. The van der Waals surface area contributed by atoms with E-state index in [1.807, 2.05) is 20.8 Å². The van der Waals surface area contributed by atoms with E-state index in [0.29, 0.717) is 31.5 Å². The van der Waals surface area contributed by atoms with Gasteiger partial charge in [-0.2, -0.15) is 0 Å². The first-order valence-corrected chi connectivity index (χ1v) is 8.42. The fourth-order valence-corrected chi connectivity index (χ4v) is 2.86. The maximum Gasteiger partial charge on any atom is 0.410 e. The lowest BCUT2D eigenvalue weighted by molar-refractivity contribution is 0.0160. The molecule has 0 atom stereocenters. The Balaban J connectivity index is 1.93. The molecule has 0 spiro atoms. The molecule has 0 unspecified atom stereocenters. The number of amides is 2. The highest BCUT2D eigenvalue weighted by molar-refractivity contribution is 6.32. The van der Waals surface area contributed by atoms with Crippen LogP contribution in [0.25, 0.3) is 0 Å². The largest absolute Gasteiger partial charge is 0.444 e. The van der Waals surface area contributed by atoms with Gasteiger partial charge in [0.2, 0.25) is 0 Å². The van der Waals surface area contributed by atoms with Crippen LogP contribution < -0.4 is 0 Å². The second-order valence-corrected chi connectivity index (χ2v) is 7.31. The molecule has 1 aromatic heterocycles. The van der Waals surface area contributed by atoms with Crippen LogP contribution in [0.3, 0.4) is 0 Å². The summed E-state index contributed by atoms with van der Waals surface area (Å²) in [5, 5.41) is 0.209. The van der Waals surface area contributed by atoms with Crippen LogP contribution in [0.1, 0.15) is 44.0 Å². The molecule has 2 amide bonds. The molecule has 2 heterocycles. The summed E-state index contributed by atoms with van der Waals surface area (Å²) in [6.45, 7) is 6.68. The average molecular weight is 354 g/mol. The number of rotatable bonds is 2. The molecule has 0 bridgehead atoms. The Kier molecular flexibility index (Phi) is 5.70. The summed E-state index contributed by atoms with van der Waals surface area (Å²) in [7, 11) is 1.76. The lowest BCUT2D eigenvalue weighted by Crippen LogP contribution is -2.48. The van der Waals surface area contributed by atoms with E-state index in [-0.39, 0.29) is 23.2 Å². The zero-order chi connectivity index (χ0) is 17.9. The van der Waals surface area contributed by atoms with Crippen LogP contribution in [0.2, 0.25) is 5.15 Å². The third-order valence-corrected chi connectivity index (χ3v) is 4.27. The number of ether oxygens (including phenoxy) is 1. The first kappa shape index (κ1) is 18.5. The van der Waals surface area contributed by atoms with Crippen LogP contribution in [0.5, 0.6) is 0 Å². The van der Waals surface area contributed by atoms with Gasteiger partial charge in [0.15, 0.2) is 0 Å². The summed E-state index contributed by atoms with van der Waals surface area (Å²) < 4.78 is 5.39. The number of hydrogen-bond acceptors (Lipinski definition) is 4. The molecule has 1 fully saturated rings. The number of likely N-dealkylation sites (tertiary alicyclic amines) is 1. The van der Waals surface area contributed by atoms with Crippen molar-refractivity contribution in [2.45, 2.75) is 45.3 Å². The Morgan fingerprint density at radius 2 is 1.96 bits per heavy atom. The topological polar surface area (TPSA) is 62.7 Å². The molecule has 1 aromatic rings. The molecule has 24 heavy (non-hydrogen) atoms. The van der Waals surface area contributed by atoms with E-state index in [2.05, 4.69) is 4.98 Å². The SMILES string of the molecule is CN(C(=O)c1cccnc1Cl)C1CCN(C(=O)OC(C)(C)C)CC1. The normalized spacial score (nSPS) is 16.0. The molecule has 0 N–H and O–H groups in total. The van der Waals surface area contributed by atoms with Gasteiger partial charge in [0.25, 0.3) is 5.91 Å². The Morgan fingerprint density at radius 1 is 1.33 bits per heavy atom. The van der Waals surface area contributed by atoms with Gasteiger partial charge in [-0.1, -0.05) is 11.6 Å². The van der Waals surface area contributed by atoms with E-state index < -0.39 is 5.60 Å². The Hall–Kier alpha value is -1.82.